The molecule has 0 saturated heterocycles. The highest BCUT2D eigenvalue weighted by Gasteiger charge is 2.29. The number of nitrogens with two attached hydrogens (primary N) is 1. The Bertz CT molecular complexity index is 1150. The van der Waals surface area contributed by atoms with Crippen LogP contribution in [-0.2, 0) is 22.5 Å². The SMILES string of the molecule is C1CSC(C2CC2)=N1.C=N/C=C(/C(=O)NC(C)C)C(=NC)Nc1ccc2c(c1)CCN(C(=O)OC(C)(C)C)C2.CN. The summed E-state index contributed by atoms with van der Waals surface area (Å²) in [5, 5.41) is 7.50. The molecule has 2 heterocycles. The third kappa shape index (κ3) is 11.3. The average Bonchev–Trinajstić information content (AvgIpc) is 3.63. The van der Waals surface area contributed by atoms with E-state index in [1.165, 1.54) is 36.9 Å². The number of hydrogen-bond donors (Lipinski definition) is 3. The summed E-state index contributed by atoms with van der Waals surface area (Å²) in [6.45, 7) is 15.0. The van der Waals surface area contributed by atoms with Crippen molar-refractivity contribution in [1.82, 2.24) is 10.2 Å². The van der Waals surface area contributed by atoms with E-state index in [-0.39, 0.29) is 18.0 Å². The molecule has 4 rings (SSSR count). The summed E-state index contributed by atoms with van der Waals surface area (Å²) in [4.78, 5) is 39.0. The minimum absolute atomic E-state index is 0.0181. The maximum atomic E-state index is 12.5. The number of amidine groups is 1. The van der Waals surface area contributed by atoms with Crippen LogP contribution in [0.1, 0.15) is 58.6 Å². The van der Waals surface area contributed by atoms with E-state index in [2.05, 4.69) is 38.1 Å². The molecule has 1 aromatic rings. The maximum Gasteiger partial charge on any atom is 0.410 e. The number of nitrogens with one attached hydrogen (secondary N) is 2. The van der Waals surface area contributed by atoms with Gasteiger partial charge in [-0.25, -0.2) is 4.79 Å². The lowest BCUT2D eigenvalue weighted by atomic mass is 9.99. The standard InChI is InChI=1S/C23H33N5O3.C6H9NS.CH5N/c1-15(2)26-21(29)19(13-24-6)20(25-7)27-18-9-8-17-14-28(11-10-16(17)12-18)22(30)31-23(3,4)5;1-2-5(1)6-7-3-4-8-6;1-2/h8-9,12-13,15H,6,10-11,14H2,1-5,7H3,(H,25,27)(H,26,29);5H,1-4H2;2H2,1H3/b19-13+;;. The number of benzene rings is 1. The molecule has 0 aromatic heterocycles. The molecule has 11 heteroatoms. The molecule has 2 amide bonds. The molecule has 0 spiro atoms. The molecule has 3 aliphatic rings. The van der Waals surface area contributed by atoms with Crippen LogP contribution in [0.5, 0.6) is 0 Å². The van der Waals surface area contributed by atoms with Crippen LogP contribution in [0.15, 0.2) is 44.9 Å². The molecule has 4 N–H and O–H groups in total. The largest absolute Gasteiger partial charge is 0.444 e. The van der Waals surface area contributed by atoms with Crippen molar-refractivity contribution in [2.75, 3.05) is 38.3 Å². The van der Waals surface area contributed by atoms with Crippen molar-refractivity contribution >= 4 is 47.0 Å². The Morgan fingerprint density at radius 3 is 2.49 bits per heavy atom. The van der Waals surface area contributed by atoms with E-state index in [0.717, 1.165) is 29.3 Å². The Balaban J connectivity index is 0.000000490. The monoisotopic (exact) mass is 585 g/mol. The summed E-state index contributed by atoms with van der Waals surface area (Å²) in [5.74, 6) is 2.27. The van der Waals surface area contributed by atoms with Crippen molar-refractivity contribution < 1.29 is 14.3 Å². The smallest absolute Gasteiger partial charge is 0.410 e. The van der Waals surface area contributed by atoms with Crippen LogP contribution in [0.25, 0.3) is 0 Å². The highest BCUT2D eigenvalue weighted by Crippen LogP contribution is 2.36. The topological polar surface area (TPSA) is 134 Å². The molecule has 2 aliphatic heterocycles. The van der Waals surface area contributed by atoms with Crippen molar-refractivity contribution in [2.45, 2.75) is 72.1 Å². The number of hydrogen-bond acceptors (Lipinski definition) is 8. The first-order valence-electron chi connectivity index (χ1n) is 14.1. The summed E-state index contributed by atoms with van der Waals surface area (Å²) in [7, 11) is 3.11. The normalized spacial score (nSPS) is 16.8. The van der Waals surface area contributed by atoms with E-state index >= 15 is 0 Å². The van der Waals surface area contributed by atoms with Crippen LogP contribution in [0.4, 0.5) is 10.5 Å². The van der Waals surface area contributed by atoms with Crippen LogP contribution in [0, 0.1) is 5.92 Å². The Morgan fingerprint density at radius 2 is 1.95 bits per heavy atom. The number of amides is 2. The van der Waals surface area contributed by atoms with Crippen LogP contribution in [0.3, 0.4) is 0 Å². The Labute approximate surface area is 249 Å². The van der Waals surface area contributed by atoms with Crippen LogP contribution < -0.4 is 16.4 Å². The Kier molecular flexibility index (Phi) is 13.5. The fraction of sp³-hybridized carbons (Fsp3) is 0.567. The first-order chi connectivity index (χ1) is 19.5. The first-order valence-corrected chi connectivity index (χ1v) is 15.0. The second-order valence-electron chi connectivity index (χ2n) is 11.0. The van der Waals surface area contributed by atoms with Gasteiger partial charge in [0.25, 0.3) is 5.91 Å². The number of fused-ring (bicyclic) bond motifs is 1. The van der Waals surface area contributed by atoms with Gasteiger partial charge in [-0.3, -0.25) is 19.8 Å². The molecule has 0 radical (unpaired) electrons. The molecule has 41 heavy (non-hydrogen) atoms. The predicted octanol–water partition coefficient (Wildman–Crippen LogP) is 4.65. The van der Waals surface area contributed by atoms with E-state index in [1.807, 2.05) is 64.6 Å². The van der Waals surface area contributed by atoms with Gasteiger partial charge in [-0.15, -0.1) is 11.8 Å². The van der Waals surface area contributed by atoms with Crippen LogP contribution in [0.2, 0.25) is 0 Å². The molecular weight excluding hydrogens is 538 g/mol. The molecule has 0 bridgehead atoms. The van der Waals surface area contributed by atoms with Gasteiger partial charge >= 0.3 is 6.09 Å². The number of thioether (sulfide) groups is 1. The van der Waals surface area contributed by atoms with Gasteiger partial charge in [0, 0.05) is 56.3 Å². The lowest BCUT2D eigenvalue weighted by Crippen LogP contribution is -2.39. The highest BCUT2D eigenvalue weighted by atomic mass is 32.2. The zero-order valence-electron chi connectivity index (χ0n) is 25.6. The Morgan fingerprint density at radius 1 is 1.24 bits per heavy atom. The summed E-state index contributed by atoms with van der Waals surface area (Å²) in [5.41, 5.74) is 7.30. The van der Waals surface area contributed by atoms with Gasteiger partial charge in [0.05, 0.1) is 10.6 Å². The lowest BCUT2D eigenvalue weighted by molar-refractivity contribution is -0.117. The molecule has 0 unspecified atom stereocenters. The molecule has 0 atom stereocenters. The zero-order chi connectivity index (χ0) is 30.6. The predicted molar refractivity (Wildman–Crippen MR) is 172 cm³/mol. The van der Waals surface area contributed by atoms with Gasteiger partial charge in [0.15, 0.2) is 0 Å². The average molecular weight is 586 g/mol. The van der Waals surface area contributed by atoms with Crippen molar-refractivity contribution in [3.05, 3.63) is 41.1 Å². The highest BCUT2D eigenvalue weighted by molar-refractivity contribution is 8.14. The second-order valence-corrected chi connectivity index (χ2v) is 12.1. The lowest BCUT2D eigenvalue weighted by Gasteiger charge is -2.31. The molecular formula is C30H47N7O3S. The van der Waals surface area contributed by atoms with Gasteiger partial charge in [-0.05, 0) is 90.9 Å². The number of nitrogens with zero attached hydrogens (tertiary/aromatic N) is 4. The van der Waals surface area contributed by atoms with E-state index in [4.69, 9.17) is 4.74 Å². The molecule has 10 nitrogen and oxygen atoms in total. The van der Waals surface area contributed by atoms with Gasteiger partial charge in [0.2, 0.25) is 0 Å². The van der Waals surface area contributed by atoms with E-state index in [1.54, 1.807) is 11.9 Å². The quantitative estimate of drug-likeness (QED) is 0.253. The van der Waals surface area contributed by atoms with E-state index in [9.17, 15) is 9.59 Å². The van der Waals surface area contributed by atoms with E-state index < -0.39 is 5.60 Å². The van der Waals surface area contributed by atoms with Crippen molar-refractivity contribution in [3.8, 4) is 0 Å². The molecule has 1 saturated carbocycles. The Hall–Kier alpha value is -3.18. The van der Waals surface area contributed by atoms with Crippen molar-refractivity contribution in [2.24, 2.45) is 26.6 Å². The van der Waals surface area contributed by atoms with Crippen molar-refractivity contribution in [1.29, 1.82) is 0 Å². The summed E-state index contributed by atoms with van der Waals surface area (Å²) in [6.07, 6.45) is 4.62. The van der Waals surface area contributed by atoms with Crippen LogP contribution in [-0.4, -0.2) is 79.1 Å². The van der Waals surface area contributed by atoms with Crippen molar-refractivity contribution in [3.63, 3.8) is 0 Å². The van der Waals surface area contributed by atoms with Gasteiger partial charge in [-0.1, -0.05) is 6.07 Å². The summed E-state index contributed by atoms with van der Waals surface area (Å²) >= 11 is 1.96. The van der Waals surface area contributed by atoms with Gasteiger partial charge < -0.3 is 26.0 Å². The minimum Gasteiger partial charge on any atom is -0.444 e. The van der Waals surface area contributed by atoms with Gasteiger partial charge in [0.1, 0.15) is 11.4 Å². The third-order valence-corrected chi connectivity index (χ3v) is 7.18. The second kappa shape index (κ2) is 16.3. The van der Waals surface area contributed by atoms with E-state index in [0.29, 0.717) is 30.9 Å². The molecule has 226 valence electrons. The fourth-order valence-electron chi connectivity index (χ4n) is 4.08. The summed E-state index contributed by atoms with van der Waals surface area (Å²) < 4.78 is 5.48. The molecule has 1 aliphatic carbocycles. The fourth-order valence-corrected chi connectivity index (χ4v) is 5.13. The number of aliphatic imine (C=N–C) groups is 3. The number of carbonyl (C=O) groups is 2. The number of rotatable bonds is 6. The number of anilines is 1. The minimum atomic E-state index is -0.519. The number of carbonyl (C=O) groups excluding carboxylic acids is 2. The summed E-state index contributed by atoms with van der Waals surface area (Å²) in [6, 6.07) is 5.88. The van der Waals surface area contributed by atoms with Crippen LogP contribution >= 0.6 is 11.8 Å². The number of ether oxygens (including phenoxy) is 1. The maximum absolute atomic E-state index is 12.5. The third-order valence-electron chi connectivity index (χ3n) is 6.03. The zero-order valence-corrected chi connectivity index (χ0v) is 26.4. The molecule has 1 aromatic carbocycles. The first kappa shape index (κ1) is 34.0. The molecule has 1 fully saturated rings. The van der Waals surface area contributed by atoms with Gasteiger partial charge in [-0.2, -0.15) is 0 Å².